The molecule has 0 radical (unpaired) electrons. The number of carbonyl (C=O) groups is 1. The second kappa shape index (κ2) is 7.11. The van der Waals surface area contributed by atoms with Crippen LogP contribution in [0.15, 0.2) is 47.6 Å². The highest BCUT2D eigenvalue weighted by Crippen LogP contribution is 2.25. The first kappa shape index (κ1) is 15.4. The second-order valence-electron chi connectivity index (χ2n) is 4.08. The van der Waals surface area contributed by atoms with Gasteiger partial charge >= 0.3 is 5.97 Å². The van der Waals surface area contributed by atoms with Crippen LogP contribution in [0.3, 0.4) is 0 Å². The Morgan fingerprint density at radius 2 is 1.81 bits per heavy atom. The molecule has 0 unspecified atom stereocenters. The normalized spacial score (nSPS) is 10.6. The van der Waals surface area contributed by atoms with E-state index in [1.165, 1.54) is 25.5 Å². The fourth-order valence-electron chi connectivity index (χ4n) is 1.63. The molecule has 0 fully saturated rings. The van der Waals surface area contributed by atoms with Gasteiger partial charge in [-0.1, -0.05) is 41.4 Å². The summed E-state index contributed by atoms with van der Waals surface area (Å²) in [7, 11) is 1.29. The summed E-state index contributed by atoms with van der Waals surface area (Å²) in [5.74, 6) is -0.496. The number of nitrogens with one attached hydrogen (secondary N) is 1. The van der Waals surface area contributed by atoms with Gasteiger partial charge in [0.2, 0.25) is 0 Å². The van der Waals surface area contributed by atoms with Gasteiger partial charge in [-0.15, -0.1) is 0 Å². The van der Waals surface area contributed by atoms with Crippen molar-refractivity contribution in [3.63, 3.8) is 0 Å². The van der Waals surface area contributed by atoms with E-state index in [-0.39, 0.29) is 0 Å². The van der Waals surface area contributed by atoms with Crippen molar-refractivity contribution in [2.45, 2.75) is 0 Å². The van der Waals surface area contributed by atoms with E-state index in [1.807, 2.05) is 30.3 Å². The zero-order chi connectivity index (χ0) is 15.2. The SMILES string of the molecule is COC(=O)c1cc(Cl)c(C=NNc2ccccc2)c(Cl)c1. The summed E-state index contributed by atoms with van der Waals surface area (Å²) in [6.45, 7) is 0. The fourth-order valence-corrected chi connectivity index (χ4v) is 2.21. The van der Waals surface area contributed by atoms with Crippen molar-refractivity contribution in [3.05, 3.63) is 63.6 Å². The predicted octanol–water partition coefficient (Wildman–Crippen LogP) is 4.23. The third kappa shape index (κ3) is 3.97. The van der Waals surface area contributed by atoms with Crippen molar-refractivity contribution in [1.29, 1.82) is 0 Å². The molecule has 21 heavy (non-hydrogen) atoms. The summed E-state index contributed by atoms with van der Waals surface area (Å²) in [6, 6.07) is 12.4. The minimum atomic E-state index is -0.496. The van der Waals surface area contributed by atoms with Gasteiger partial charge in [-0.05, 0) is 24.3 Å². The van der Waals surface area contributed by atoms with Crippen LogP contribution in [0, 0.1) is 0 Å². The third-order valence-electron chi connectivity index (χ3n) is 2.66. The first-order valence-electron chi connectivity index (χ1n) is 6.03. The maximum Gasteiger partial charge on any atom is 0.337 e. The minimum absolute atomic E-state index is 0.292. The highest BCUT2D eigenvalue weighted by atomic mass is 35.5. The van der Waals surface area contributed by atoms with Gasteiger partial charge in [-0.25, -0.2) is 4.79 Å². The van der Waals surface area contributed by atoms with Gasteiger partial charge in [-0.3, -0.25) is 5.43 Å². The van der Waals surface area contributed by atoms with E-state index in [1.54, 1.807) is 0 Å². The van der Waals surface area contributed by atoms with E-state index in [0.717, 1.165) is 5.69 Å². The lowest BCUT2D eigenvalue weighted by molar-refractivity contribution is 0.0600. The van der Waals surface area contributed by atoms with Gasteiger partial charge in [0.05, 0.1) is 34.6 Å². The standard InChI is InChI=1S/C15H12Cl2N2O2/c1-21-15(20)10-7-13(16)12(14(17)8-10)9-18-19-11-5-3-2-4-6-11/h2-9,19H,1H3. The van der Waals surface area contributed by atoms with Crippen molar-refractivity contribution < 1.29 is 9.53 Å². The number of esters is 1. The number of anilines is 1. The lowest BCUT2D eigenvalue weighted by Gasteiger charge is -2.05. The summed E-state index contributed by atoms with van der Waals surface area (Å²) >= 11 is 12.2. The van der Waals surface area contributed by atoms with E-state index in [4.69, 9.17) is 23.2 Å². The van der Waals surface area contributed by atoms with Crippen LogP contribution >= 0.6 is 23.2 Å². The summed E-state index contributed by atoms with van der Waals surface area (Å²) in [5.41, 5.74) is 4.51. The number of halogens is 2. The molecule has 0 atom stereocenters. The number of methoxy groups -OCH3 is 1. The predicted molar refractivity (Wildman–Crippen MR) is 85.5 cm³/mol. The van der Waals surface area contributed by atoms with Crippen LogP contribution < -0.4 is 5.43 Å². The van der Waals surface area contributed by atoms with Crippen LogP contribution in [0.5, 0.6) is 0 Å². The Balaban J connectivity index is 2.19. The zero-order valence-corrected chi connectivity index (χ0v) is 12.7. The number of ether oxygens (including phenoxy) is 1. The Kier molecular flexibility index (Phi) is 5.20. The maximum atomic E-state index is 11.4. The molecule has 0 aromatic heterocycles. The summed E-state index contributed by atoms with van der Waals surface area (Å²) in [6.07, 6.45) is 1.50. The van der Waals surface area contributed by atoms with Gasteiger partial charge in [0.25, 0.3) is 0 Å². The van der Waals surface area contributed by atoms with Crippen molar-refractivity contribution in [2.24, 2.45) is 5.10 Å². The van der Waals surface area contributed by atoms with Crippen LogP contribution in [0.2, 0.25) is 10.0 Å². The molecule has 4 nitrogen and oxygen atoms in total. The molecule has 0 bridgehead atoms. The Morgan fingerprint density at radius 3 is 2.38 bits per heavy atom. The smallest absolute Gasteiger partial charge is 0.337 e. The van der Waals surface area contributed by atoms with Crippen LogP contribution in [0.25, 0.3) is 0 Å². The number of benzene rings is 2. The third-order valence-corrected chi connectivity index (χ3v) is 3.29. The number of hydrogen-bond acceptors (Lipinski definition) is 4. The Hall–Kier alpha value is -2.04. The molecular formula is C15H12Cl2N2O2. The first-order valence-corrected chi connectivity index (χ1v) is 6.79. The first-order chi connectivity index (χ1) is 10.1. The van der Waals surface area contributed by atoms with Crippen molar-refractivity contribution >= 4 is 41.1 Å². The van der Waals surface area contributed by atoms with Crippen LogP contribution in [-0.4, -0.2) is 19.3 Å². The van der Waals surface area contributed by atoms with Gasteiger partial charge in [0.1, 0.15) is 0 Å². The number of rotatable bonds is 4. The molecule has 6 heteroatoms. The summed E-state index contributed by atoms with van der Waals surface area (Å²) in [5, 5.41) is 4.71. The highest BCUT2D eigenvalue weighted by molar-refractivity contribution is 6.39. The fraction of sp³-hybridized carbons (Fsp3) is 0.0667. The van der Waals surface area contributed by atoms with Crippen molar-refractivity contribution in [1.82, 2.24) is 0 Å². The summed E-state index contributed by atoms with van der Waals surface area (Å²) < 4.78 is 4.62. The quantitative estimate of drug-likeness (QED) is 0.520. The van der Waals surface area contributed by atoms with Gasteiger partial charge in [0, 0.05) is 5.56 Å². The molecule has 0 amide bonds. The lowest BCUT2D eigenvalue weighted by Crippen LogP contribution is -2.02. The van der Waals surface area contributed by atoms with E-state index < -0.39 is 5.97 Å². The van der Waals surface area contributed by atoms with Crippen LogP contribution in [-0.2, 0) is 4.74 Å². The highest BCUT2D eigenvalue weighted by Gasteiger charge is 2.12. The van der Waals surface area contributed by atoms with Crippen molar-refractivity contribution in [2.75, 3.05) is 12.5 Å². The number of nitrogens with zero attached hydrogens (tertiary/aromatic N) is 1. The number of hydrazone groups is 1. The molecular weight excluding hydrogens is 311 g/mol. The van der Waals surface area contributed by atoms with Crippen LogP contribution in [0.1, 0.15) is 15.9 Å². The van der Waals surface area contributed by atoms with Crippen molar-refractivity contribution in [3.8, 4) is 0 Å². The average molecular weight is 323 g/mol. The van der Waals surface area contributed by atoms with Crippen LogP contribution in [0.4, 0.5) is 5.69 Å². The second-order valence-corrected chi connectivity index (χ2v) is 4.90. The maximum absolute atomic E-state index is 11.4. The number of para-hydroxylation sites is 1. The van der Waals surface area contributed by atoms with E-state index in [0.29, 0.717) is 21.2 Å². The topological polar surface area (TPSA) is 50.7 Å². The largest absolute Gasteiger partial charge is 0.465 e. The van der Waals surface area contributed by atoms with E-state index in [9.17, 15) is 4.79 Å². The molecule has 0 aliphatic heterocycles. The average Bonchev–Trinajstić information content (AvgIpc) is 2.50. The lowest BCUT2D eigenvalue weighted by atomic mass is 10.1. The number of hydrogen-bond donors (Lipinski definition) is 1. The molecule has 2 aromatic carbocycles. The molecule has 1 N–H and O–H groups in total. The van der Waals surface area contributed by atoms with E-state index >= 15 is 0 Å². The molecule has 0 aliphatic carbocycles. The molecule has 0 saturated heterocycles. The molecule has 108 valence electrons. The summed E-state index contributed by atoms with van der Waals surface area (Å²) in [4.78, 5) is 11.4. The Morgan fingerprint density at radius 1 is 1.19 bits per heavy atom. The Bertz CT molecular complexity index is 650. The van der Waals surface area contributed by atoms with Gasteiger partial charge in [-0.2, -0.15) is 5.10 Å². The monoisotopic (exact) mass is 322 g/mol. The molecule has 0 spiro atoms. The Labute approximate surface area is 132 Å². The van der Waals surface area contributed by atoms with Gasteiger partial charge < -0.3 is 4.74 Å². The molecule has 0 aliphatic rings. The molecule has 2 aromatic rings. The zero-order valence-electron chi connectivity index (χ0n) is 11.1. The molecule has 0 saturated carbocycles. The number of carbonyl (C=O) groups excluding carboxylic acids is 1. The minimum Gasteiger partial charge on any atom is -0.465 e. The molecule has 2 rings (SSSR count). The molecule has 0 heterocycles. The van der Waals surface area contributed by atoms with Gasteiger partial charge in [0.15, 0.2) is 0 Å². The van der Waals surface area contributed by atoms with E-state index in [2.05, 4.69) is 15.3 Å².